The Morgan fingerprint density at radius 1 is 0.867 bits per heavy atom. The van der Waals surface area contributed by atoms with E-state index >= 15 is 0 Å². The van der Waals surface area contributed by atoms with Crippen molar-refractivity contribution in [2.24, 2.45) is 23.5 Å². The highest BCUT2D eigenvalue weighted by Crippen LogP contribution is 2.14. The van der Waals surface area contributed by atoms with Crippen LogP contribution in [0.3, 0.4) is 0 Å². The molecule has 0 heterocycles. The second kappa shape index (κ2) is 7.24. The van der Waals surface area contributed by atoms with E-state index in [1.165, 1.54) is 0 Å². The summed E-state index contributed by atoms with van der Waals surface area (Å²) in [5.74, 6) is 2.08. The lowest BCUT2D eigenvalue weighted by molar-refractivity contribution is 0.127. The largest absolute Gasteiger partial charge is 0.329 e. The van der Waals surface area contributed by atoms with Crippen LogP contribution < -0.4 is 5.73 Å². The fraction of sp³-hybridized carbons (Fsp3) is 1.00. The van der Waals surface area contributed by atoms with Gasteiger partial charge < -0.3 is 5.73 Å². The molecule has 0 bridgehead atoms. The molecular formula is C13H30N2. The van der Waals surface area contributed by atoms with Crippen molar-refractivity contribution < 1.29 is 0 Å². The fourth-order valence-corrected chi connectivity index (χ4v) is 2.13. The lowest BCUT2D eigenvalue weighted by Gasteiger charge is -2.36. The topological polar surface area (TPSA) is 29.3 Å². The Labute approximate surface area is 96.2 Å². The normalized spacial score (nSPS) is 14.6. The molecule has 1 unspecified atom stereocenters. The van der Waals surface area contributed by atoms with Gasteiger partial charge in [-0.25, -0.2) is 0 Å². The van der Waals surface area contributed by atoms with Gasteiger partial charge in [-0.1, -0.05) is 41.5 Å². The summed E-state index contributed by atoms with van der Waals surface area (Å²) in [4.78, 5) is 2.57. The summed E-state index contributed by atoms with van der Waals surface area (Å²) in [6.07, 6.45) is 0. The van der Waals surface area contributed by atoms with Crippen LogP contribution in [-0.2, 0) is 0 Å². The highest BCUT2D eigenvalue weighted by molar-refractivity contribution is 4.77. The molecule has 0 aliphatic heterocycles. The zero-order valence-electron chi connectivity index (χ0n) is 11.5. The Morgan fingerprint density at radius 3 is 1.47 bits per heavy atom. The first kappa shape index (κ1) is 14.9. The molecule has 0 saturated heterocycles. The molecule has 0 rings (SSSR count). The molecule has 0 radical (unpaired) electrons. The maximum absolute atomic E-state index is 5.88. The van der Waals surface area contributed by atoms with Crippen molar-refractivity contribution in [1.82, 2.24) is 4.90 Å². The lowest BCUT2D eigenvalue weighted by atomic mass is 9.99. The van der Waals surface area contributed by atoms with Crippen molar-refractivity contribution in [3.8, 4) is 0 Å². The molecule has 0 aliphatic carbocycles. The summed E-state index contributed by atoms with van der Waals surface area (Å²) in [5, 5.41) is 0. The summed E-state index contributed by atoms with van der Waals surface area (Å²) in [6.45, 7) is 16.8. The summed E-state index contributed by atoms with van der Waals surface area (Å²) >= 11 is 0. The number of hydrogen-bond acceptors (Lipinski definition) is 2. The maximum atomic E-state index is 5.88. The Morgan fingerprint density at radius 2 is 1.27 bits per heavy atom. The maximum Gasteiger partial charge on any atom is 0.0241 e. The smallest absolute Gasteiger partial charge is 0.0241 e. The second-order valence-electron chi connectivity index (χ2n) is 5.79. The SMILES string of the molecule is CC(C)CN(CC(C)C)C(CN)C(C)C. The molecule has 2 heteroatoms. The third-order valence-electron chi connectivity index (χ3n) is 2.68. The van der Waals surface area contributed by atoms with Crippen molar-refractivity contribution in [2.75, 3.05) is 19.6 Å². The number of nitrogens with two attached hydrogens (primary N) is 1. The number of hydrogen-bond donors (Lipinski definition) is 1. The van der Waals surface area contributed by atoms with Gasteiger partial charge in [-0.05, 0) is 17.8 Å². The van der Waals surface area contributed by atoms with Gasteiger partial charge in [0.05, 0.1) is 0 Å². The third kappa shape index (κ3) is 6.16. The predicted molar refractivity (Wildman–Crippen MR) is 68.9 cm³/mol. The monoisotopic (exact) mass is 214 g/mol. The van der Waals surface area contributed by atoms with Gasteiger partial charge in [0.1, 0.15) is 0 Å². The van der Waals surface area contributed by atoms with Gasteiger partial charge in [0.15, 0.2) is 0 Å². The first-order chi connectivity index (χ1) is 6.88. The minimum absolute atomic E-state index is 0.537. The van der Waals surface area contributed by atoms with Gasteiger partial charge in [0, 0.05) is 25.7 Å². The molecular weight excluding hydrogens is 184 g/mol. The van der Waals surface area contributed by atoms with E-state index in [2.05, 4.69) is 46.4 Å². The molecule has 15 heavy (non-hydrogen) atoms. The average molecular weight is 214 g/mol. The Kier molecular flexibility index (Phi) is 7.20. The zero-order chi connectivity index (χ0) is 12.0. The van der Waals surface area contributed by atoms with Crippen molar-refractivity contribution in [1.29, 1.82) is 0 Å². The fourth-order valence-electron chi connectivity index (χ4n) is 2.13. The Bertz CT molecular complexity index is 143. The Balaban J connectivity index is 4.43. The molecule has 1 atom stereocenters. The van der Waals surface area contributed by atoms with E-state index in [-0.39, 0.29) is 0 Å². The highest BCUT2D eigenvalue weighted by Gasteiger charge is 2.21. The molecule has 2 nitrogen and oxygen atoms in total. The lowest BCUT2D eigenvalue weighted by Crippen LogP contribution is -2.47. The summed E-state index contributed by atoms with van der Waals surface area (Å²) in [7, 11) is 0. The van der Waals surface area contributed by atoms with E-state index < -0.39 is 0 Å². The molecule has 2 N–H and O–H groups in total. The molecule has 0 fully saturated rings. The van der Waals surface area contributed by atoms with Crippen LogP contribution in [0.1, 0.15) is 41.5 Å². The minimum atomic E-state index is 0.537. The summed E-state index contributed by atoms with van der Waals surface area (Å²) < 4.78 is 0. The van der Waals surface area contributed by atoms with Gasteiger partial charge in [-0.15, -0.1) is 0 Å². The predicted octanol–water partition coefficient (Wildman–Crippen LogP) is 2.58. The van der Waals surface area contributed by atoms with E-state index in [0.29, 0.717) is 12.0 Å². The average Bonchev–Trinajstić information content (AvgIpc) is 2.01. The van der Waals surface area contributed by atoms with Gasteiger partial charge in [0.25, 0.3) is 0 Å². The van der Waals surface area contributed by atoms with Crippen LogP contribution in [0.4, 0.5) is 0 Å². The van der Waals surface area contributed by atoms with Crippen molar-refractivity contribution in [2.45, 2.75) is 47.6 Å². The van der Waals surface area contributed by atoms with E-state index in [0.717, 1.165) is 31.5 Å². The van der Waals surface area contributed by atoms with Crippen LogP contribution in [0.25, 0.3) is 0 Å². The van der Waals surface area contributed by atoms with Crippen molar-refractivity contribution >= 4 is 0 Å². The number of rotatable bonds is 7. The molecule has 0 spiro atoms. The highest BCUT2D eigenvalue weighted by atomic mass is 15.2. The van der Waals surface area contributed by atoms with Crippen LogP contribution in [0.5, 0.6) is 0 Å². The summed E-state index contributed by atoms with van der Waals surface area (Å²) in [6, 6.07) is 0.537. The van der Waals surface area contributed by atoms with Crippen LogP contribution in [0.2, 0.25) is 0 Å². The molecule has 92 valence electrons. The van der Waals surface area contributed by atoms with Gasteiger partial charge >= 0.3 is 0 Å². The van der Waals surface area contributed by atoms with Crippen LogP contribution in [0, 0.1) is 17.8 Å². The summed E-state index contributed by atoms with van der Waals surface area (Å²) in [5.41, 5.74) is 5.88. The van der Waals surface area contributed by atoms with Gasteiger partial charge in [-0.3, -0.25) is 4.90 Å². The van der Waals surface area contributed by atoms with Gasteiger partial charge in [0.2, 0.25) is 0 Å². The first-order valence-electron chi connectivity index (χ1n) is 6.32. The van der Waals surface area contributed by atoms with Crippen molar-refractivity contribution in [3.63, 3.8) is 0 Å². The zero-order valence-corrected chi connectivity index (χ0v) is 11.5. The first-order valence-corrected chi connectivity index (χ1v) is 6.32. The number of nitrogens with zero attached hydrogens (tertiary/aromatic N) is 1. The van der Waals surface area contributed by atoms with Crippen LogP contribution in [-0.4, -0.2) is 30.6 Å². The minimum Gasteiger partial charge on any atom is -0.329 e. The molecule has 0 aliphatic rings. The molecule has 0 aromatic heterocycles. The van der Waals surface area contributed by atoms with Gasteiger partial charge in [-0.2, -0.15) is 0 Å². The third-order valence-corrected chi connectivity index (χ3v) is 2.68. The van der Waals surface area contributed by atoms with Crippen LogP contribution in [0.15, 0.2) is 0 Å². The molecule has 0 aromatic carbocycles. The quantitative estimate of drug-likeness (QED) is 0.706. The van der Waals surface area contributed by atoms with Crippen LogP contribution >= 0.6 is 0 Å². The van der Waals surface area contributed by atoms with E-state index in [1.54, 1.807) is 0 Å². The molecule has 0 saturated carbocycles. The second-order valence-corrected chi connectivity index (χ2v) is 5.79. The Hall–Kier alpha value is -0.0800. The van der Waals surface area contributed by atoms with E-state index in [9.17, 15) is 0 Å². The molecule has 0 aromatic rings. The standard InChI is InChI=1S/C13H30N2/c1-10(2)8-15(9-11(3)4)13(7-14)12(5)6/h10-13H,7-9,14H2,1-6H3. The van der Waals surface area contributed by atoms with Crippen molar-refractivity contribution in [3.05, 3.63) is 0 Å². The van der Waals surface area contributed by atoms with E-state index in [4.69, 9.17) is 5.73 Å². The van der Waals surface area contributed by atoms with E-state index in [1.807, 2.05) is 0 Å². The molecule has 0 amide bonds.